The maximum Gasteiger partial charge on any atom is 0.258 e. The summed E-state index contributed by atoms with van der Waals surface area (Å²) in [5.74, 6) is -0.139. The zero-order valence-electron chi connectivity index (χ0n) is 16.7. The summed E-state index contributed by atoms with van der Waals surface area (Å²) in [5, 5.41) is 7.51. The number of sulfonamides is 1. The van der Waals surface area contributed by atoms with E-state index in [9.17, 15) is 13.2 Å². The van der Waals surface area contributed by atoms with Crippen molar-refractivity contribution in [3.63, 3.8) is 0 Å². The highest BCUT2D eigenvalue weighted by Crippen LogP contribution is 2.30. The predicted molar refractivity (Wildman–Crippen MR) is 112 cm³/mol. The molecule has 158 valence electrons. The normalized spacial score (nSPS) is 16.0. The second-order valence-electron chi connectivity index (χ2n) is 7.39. The van der Waals surface area contributed by atoms with Crippen LogP contribution in [0.1, 0.15) is 26.2 Å². The second kappa shape index (κ2) is 8.53. The lowest BCUT2D eigenvalue weighted by Gasteiger charge is -2.30. The van der Waals surface area contributed by atoms with Gasteiger partial charge in [-0.3, -0.25) is 4.79 Å². The fourth-order valence-corrected chi connectivity index (χ4v) is 5.10. The van der Waals surface area contributed by atoms with Crippen LogP contribution in [0.25, 0.3) is 22.4 Å². The molecule has 1 aliphatic heterocycles. The molecular formula is C21H24N4O4S. The number of nitrogens with zero attached hydrogens (tertiary/aromatic N) is 3. The molecule has 0 radical (unpaired) electrons. The number of hydrogen-bond donors (Lipinski definition) is 1. The highest BCUT2D eigenvalue weighted by atomic mass is 32.2. The highest BCUT2D eigenvalue weighted by Gasteiger charge is 2.32. The van der Waals surface area contributed by atoms with E-state index < -0.39 is 10.0 Å². The first kappa shape index (κ1) is 20.5. The van der Waals surface area contributed by atoms with Crippen LogP contribution in [0.2, 0.25) is 0 Å². The molecule has 3 heterocycles. The molecule has 0 unspecified atom stereocenters. The minimum atomic E-state index is -3.73. The van der Waals surface area contributed by atoms with Gasteiger partial charge in [-0.2, -0.15) is 4.31 Å². The minimum absolute atomic E-state index is 0.00830. The van der Waals surface area contributed by atoms with Crippen molar-refractivity contribution >= 4 is 27.0 Å². The van der Waals surface area contributed by atoms with Gasteiger partial charge >= 0.3 is 0 Å². The van der Waals surface area contributed by atoms with Crippen LogP contribution in [0.15, 0.2) is 52.0 Å². The Morgan fingerprint density at radius 1 is 1.23 bits per heavy atom. The van der Waals surface area contributed by atoms with Crippen LogP contribution < -0.4 is 5.32 Å². The number of pyridine rings is 1. The van der Waals surface area contributed by atoms with Gasteiger partial charge in [0, 0.05) is 31.1 Å². The maximum absolute atomic E-state index is 13.2. The Hall–Kier alpha value is -2.78. The van der Waals surface area contributed by atoms with Gasteiger partial charge in [0.05, 0.1) is 11.6 Å². The van der Waals surface area contributed by atoms with Gasteiger partial charge in [-0.1, -0.05) is 42.4 Å². The first-order chi connectivity index (χ1) is 14.5. The molecule has 0 aliphatic carbocycles. The van der Waals surface area contributed by atoms with Gasteiger partial charge in [-0.15, -0.1) is 0 Å². The molecule has 4 rings (SSSR count). The smallest absolute Gasteiger partial charge is 0.258 e. The topological polar surface area (TPSA) is 105 Å². The summed E-state index contributed by atoms with van der Waals surface area (Å²) < 4.78 is 33.1. The van der Waals surface area contributed by atoms with Crippen LogP contribution in [0, 0.1) is 5.92 Å². The number of aromatic nitrogens is 2. The van der Waals surface area contributed by atoms with Gasteiger partial charge in [0.1, 0.15) is 10.6 Å². The molecule has 2 aromatic heterocycles. The van der Waals surface area contributed by atoms with E-state index in [-0.39, 0.29) is 16.7 Å². The first-order valence-corrected chi connectivity index (χ1v) is 11.5. The summed E-state index contributed by atoms with van der Waals surface area (Å²) in [4.78, 5) is 16.4. The van der Waals surface area contributed by atoms with E-state index in [0.29, 0.717) is 49.3 Å². The lowest BCUT2D eigenvalue weighted by molar-refractivity contribution is -0.126. The molecule has 9 heteroatoms. The van der Waals surface area contributed by atoms with Crippen molar-refractivity contribution < 1.29 is 17.7 Å². The van der Waals surface area contributed by atoms with E-state index in [1.54, 1.807) is 6.07 Å². The van der Waals surface area contributed by atoms with E-state index in [2.05, 4.69) is 15.5 Å². The van der Waals surface area contributed by atoms with E-state index in [4.69, 9.17) is 4.52 Å². The Balaban J connectivity index is 1.55. The molecule has 0 bridgehead atoms. The van der Waals surface area contributed by atoms with Crippen LogP contribution in [-0.4, -0.2) is 48.4 Å². The molecule has 0 saturated carbocycles. The van der Waals surface area contributed by atoms with Crippen molar-refractivity contribution in [1.29, 1.82) is 0 Å². The molecular weight excluding hydrogens is 404 g/mol. The zero-order valence-corrected chi connectivity index (χ0v) is 17.6. The number of benzene rings is 1. The summed E-state index contributed by atoms with van der Waals surface area (Å²) in [5.41, 5.74) is 1.67. The number of hydrogen-bond acceptors (Lipinski definition) is 6. The van der Waals surface area contributed by atoms with Gasteiger partial charge in [0.2, 0.25) is 15.9 Å². The van der Waals surface area contributed by atoms with Crippen LogP contribution in [0.3, 0.4) is 0 Å². The molecule has 1 aromatic carbocycles. The monoisotopic (exact) mass is 428 g/mol. The lowest BCUT2D eigenvalue weighted by Crippen LogP contribution is -2.43. The number of piperidine rings is 1. The zero-order chi connectivity index (χ0) is 21.1. The molecule has 0 atom stereocenters. The third-order valence-electron chi connectivity index (χ3n) is 5.36. The Morgan fingerprint density at radius 2 is 1.97 bits per heavy atom. The van der Waals surface area contributed by atoms with E-state index in [0.717, 1.165) is 12.0 Å². The fraction of sp³-hybridized carbons (Fsp3) is 0.381. The van der Waals surface area contributed by atoms with E-state index in [1.807, 2.05) is 37.3 Å². The number of fused-ring (bicyclic) bond motifs is 1. The van der Waals surface area contributed by atoms with Crippen LogP contribution in [0.5, 0.6) is 0 Å². The summed E-state index contributed by atoms with van der Waals surface area (Å²) in [6, 6.07) is 11.0. The largest absolute Gasteiger partial charge is 0.356 e. The van der Waals surface area contributed by atoms with Crippen molar-refractivity contribution in [1.82, 2.24) is 19.8 Å². The van der Waals surface area contributed by atoms with Gasteiger partial charge in [-0.05, 0) is 25.3 Å². The summed E-state index contributed by atoms with van der Waals surface area (Å²) in [6.45, 7) is 3.25. The van der Waals surface area contributed by atoms with Crippen molar-refractivity contribution in [3.05, 3.63) is 42.6 Å². The van der Waals surface area contributed by atoms with Gasteiger partial charge < -0.3 is 9.84 Å². The van der Waals surface area contributed by atoms with Gasteiger partial charge in [-0.25, -0.2) is 13.4 Å². The van der Waals surface area contributed by atoms with Crippen molar-refractivity contribution in [3.8, 4) is 11.3 Å². The fourth-order valence-electron chi connectivity index (χ4n) is 3.66. The quantitative estimate of drug-likeness (QED) is 0.647. The van der Waals surface area contributed by atoms with Gasteiger partial charge in [0.15, 0.2) is 0 Å². The van der Waals surface area contributed by atoms with Crippen LogP contribution in [0.4, 0.5) is 0 Å². The average molecular weight is 429 g/mol. The number of carbonyl (C=O) groups excluding carboxylic acids is 1. The maximum atomic E-state index is 13.2. The summed E-state index contributed by atoms with van der Waals surface area (Å²) in [7, 11) is -3.73. The van der Waals surface area contributed by atoms with Crippen molar-refractivity contribution in [2.45, 2.75) is 31.1 Å². The first-order valence-electron chi connectivity index (χ1n) is 10.1. The molecule has 1 aliphatic rings. The number of rotatable bonds is 6. The third kappa shape index (κ3) is 3.95. The van der Waals surface area contributed by atoms with Crippen molar-refractivity contribution in [2.75, 3.05) is 19.6 Å². The van der Waals surface area contributed by atoms with Gasteiger partial charge in [0.25, 0.3) is 5.71 Å². The van der Waals surface area contributed by atoms with E-state index >= 15 is 0 Å². The van der Waals surface area contributed by atoms with Crippen LogP contribution in [-0.2, 0) is 14.8 Å². The summed E-state index contributed by atoms with van der Waals surface area (Å²) in [6.07, 6.45) is 3.19. The average Bonchev–Trinajstić information content (AvgIpc) is 3.21. The summed E-state index contributed by atoms with van der Waals surface area (Å²) >= 11 is 0. The molecule has 1 amide bonds. The molecule has 1 N–H and O–H groups in total. The predicted octanol–water partition coefficient (Wildman–Crippen LogP) is 2.82. The lowest BCUT2D eigenvalue weighted by atomic mass is 9.97. The number of nitrogens with one attached hydrogen (secondary N) is 1. The third-order valence-corrected chi connectivity index (χ3v) is 7.23. The van der Waals surface area contributed by atoms with Crippen LogP contribution >= 0.6 is 0 Å². The molecule has 3 aromatic rings. The highest BCUT2D eigenvalue weighted by molar-refractivity contribution is 7.89. The Kier molecular flexibility index (Phi) is 5.83. The number of carbonyl (C=O) groups is 1. The molecule has 1 saturated heterocycles. The molecule has 30 heavy (non-hydrogen) atoms. The molecule has 1 fully saturated rings. The molecule has 0 spiro atoms. The minimum Gasteiger partial charge on any atom is -0.356 e. The second-order valence-corrected chi connectivity index (χ2v) is 9.33. The van der Waals surface area contributed by atoms with Crippen molar-refractivity contribution in [2.24, 2.45) is 5.92 Å². The Morgan fingerprint density at radius 3 is 2.67 bits per heavy atom. The number of amides is 1. The SMILES string of the molecule is CCCNC(=O)C1CCN(S(=O)(=O)c2cnc3onc(-c4ccccc4)c3c2)CC1. The van der Waals surface area contributed by atoms with E-state index in [1.165, 1.54) is 10.5 Å². The standard InChI is InChI=1S/C21H24N4O4S/c1-2-10-22-20(26)16-8-11-25(12-9-16)30(27,28)17-13-18-19(15-6-4-3-5-7-15)24-29-21(18)23-14-17/h3-7,13-14,16H,2,8-12H2,1H3,(H,22,26). The molecule has 8 nitrogen and oxygen atoms in total. The Labute approximate surface area is 175 Å². The Bertz CT molecular complexity index is 1140.